The quantitative estimate of drug-likeness (QED) is 0.452. The standard InChI is InChI=1S/C18H23N3O3S2/c1-2-24-15(22)11-25-17-16-12-4-3-5-13(12)26-18(16)20-14(19-17)10-21-6-8-23-9-7-21/h2-11H2,1H3/p+1. The molecule has 26 heavy (non-hydrogen) atoms. The van der Waals surface area contributed by atoms with E-state index in [1.165, 1.54) is 38.9 Å². The highest BCUT2D eigenvalue weighted by molar-refractivity contribution is 8.00. The van der Waals surface area contributed by atoms with Crippen LogP contribution >= 0.6 is 23.1 Å². The van der Waals surface area contributed by atoms with Crippen LogP contribution in [0.15, 0.2) is 5.03 Å². The maximum atomic E-state index is 11.8. The number of quaternary nitrogens is 1. The van der Waals surface area contributed by atoms with Crippen LogP contribution in [0.4, 0.5) is 0 Å². The van der Waals surface area contributed by atoms with Crippen LogP contribution in [0.5, 0.6) is 0 Å². The third kappa shape index (κ3) is 3.88. The largest absolute Gasteiger partial charge is 0.465 e. The third-order valence-electron chi connectivity index (χ3n) is 4.82. The Balaban J connectivity index is 1.62. The molecule has 0 spiro atoms. The molecule has 1 saturated heterocycles. The van der Waals surface area contributed by atoms with Crippen molar-refractivity contribution >= 4 is 39.3 Å². The Morgan fingerprint density at radius 1 is 1.31 bits per heavy atom. The van der Waals surface area contributed by atoms with Gasteiger partial charge in [0.1, 0.15) is 29.5 Å². The molecule has 140 valence electrons. The van der Waals surface area contributed by atoms with Gasteiger partial charge < -0.3 is 14.4 Å². The number of ether oxygens (including phenoxy) is 2. The summed E-state index contributed by atoms with van der Waals surface area (Å²) in [4.78, 5) is 25.6. The maximum Gasteiger partial charge on any atom is 0.316 e. The Kier molecular flexibility index (Phi) is 5.73. The number of thioether (sulfide) groups is 1. The molecule has 0 atom stereocenters. The predicted octanol–water partition coefficient (Wildman–Crippen LogP) is 1.25. The number of esters is 1. The summed E-state index contributed by atoms with van der Waals surface area (Å²) >= 11 is 3.30. The van der Waals surface area contributed by atoms with E-state index < -0.39 is 0 Å². The Morgan fingerprint density at radius 3 is 2.96 bits per heavy atom. The molecule has 0 saturated carbocycles. The molecule has 1 N–H and O–H groups in total. The number of nitrogens with zero attached hydrogens (tertiary/aromatic N) is 2. The summed E-state index contributed by atoms with van der Waals surface area (Å²) in [5, 5.41) is 2.13. The second kappa shape index (κ2) is 8.21. The van der Waals surface area contributed by atoms with Crippen molar-refractivity contribution in [3.8, 4) is 0 Å². The van der Waals surface area contributed by atoms with E-state index in [4.69, 9.17) is 19.4 Å². The zero-order valence-corrected chi connectivity index (χ0v) is 16.6. The monoisotopic (exact) mass is 394 g/mol. The normalized spacial score (nSPS) is 17.6. The van der Waals surface area contributed by atoms with Crippen LogP contribution < -0.4 is 4.90 Å². The number of carbonyl (C=O) groups is 1. The molecule has 0 amide bonds. The first kappa shape index (κ1) is 18.2. The van der Waals surface area contributed by atoms with Crippen molar-refractivity contribution < 1.29 is 19.2 Å². The molecule has 2 aromatic heterocycles. The molecular weight excluding hydrogens is 370 g/mol. The topological polar surface area (TPSA) is 65.8 Å². The Bertz CT molecular complexity index is 803. The first-order valence-corrected chi connectivity index (χ1v) is 11.1. The molecule has 2 aliphatic rings. The van der Waals surface area contributed by atoms with Gasteiger partial charge in [-0.05, 0) is 31.7 Å². The molecule has 1 aliphatic carbocycles. The third-order valence-corrected chi connectivity index (χ3v) is 6.95. The van der Waals surface area contributed by atoms with Gasteiger partial charge >= 0.3 is 5.97 Å². The number of aryl methyl sites for hydroxylation is 2. The molecule has 0 radical (unpaired) electrons. The molecule has 0 unspecified atom stereocenters. The summed E-state index contributed by atoms with van der Waals surface area (Å²) in [6.07, 6.45) is 3.45. The lowest BCUT2D eigenvalue weighted by Crippen LogP contribution is -3.12. The van der Waals surface area contributed by atoms with E-state index >= 15 is 0 Å². The SMILES string of the molecule is CCOC(=O)CSc1nc(C[NH+]2CCOCC2)nc2sc3c(c12)CCC3. The summed E-state index contributed by atoms with van der Waals surface area (Å²) in [5.41, 5.74) is 1.40. The lowest BCUT2D eigenvalue weighted by molar-refractivity contribution is -0.922. The van der Waals surface area contributed by atoms with E-state index in [1.54, 1.807) is 11.3 Å². The van der Waals surface area contributed by atoms with E-state index in [-0.39, 0.29) is 5.97 Å². The van der Waals surface area contributed by atoms with Crippen LogP contribution in [0.25, 0.3) is 10.2 Å². The minimum Gasteiger partial charge on any atom is -0.465 e. The molecule has 2 aromatic rings. The number of hydrogen-bond acceptors (Lipinski definition) is 7. The van der Waals surface area contributed by atoms with Crippen molar-refractivity contribution in [3.05, 3.63) is 16.3 Å². The minimum atomic E-state index is -0.184. The van der Waals surface area contributed by atoms with E-state index in [1.807, 2.05) is 6.92 Å². The fourth-order valence-corrected chi connectivity index (χ4v) is 5.80. The van der Waals surface area contributed by atoms with Gasteiger partial charge in [-0.25, -0.2) is 9.97 Å². The average Bonchev–Trinajstić information content (AvgIpc) is 3.21. The fourth-order valence-electron chi connectivity index (χ4n) is 3.58. The molecule has 1 fully saturated rings. The van der Waals surface area contributed by atoms with Crippen LogP contribution in [-0.4, -0.2) is 54.6 Å². The number of morpholine rings is 1. The van der Waals surface area contributed by atoms with E-state index in [0.717, 1.165) is 61.4 Å². The van der Waals surface area contributed by atoms with Crippen molar-refractivity contribution in [1.29, 1.82) is 0 Å². The average molecular weight is 395 g/mol. The summed E-state index contributed by atoms with van der Waals surface area (Å²) in [5.74, 6) is 0.992. The van der Waals surface area contributed by atoms with Gasteiger partial charge in [0.2, 0.25) is 0 Å². The van der Waals surface area contributed by atoms with Gasteiger partial charge in [-0.3, -0.25) is 4.79 Å². The Morgan fingerprint density at radius 2 is 2.15 bits per heavy atom. The highest BCUT2D eigenvalue weighted by Crippen LogP contribution is 2.40. The van der Waals surface area contributed by atoms with Crippen LogP contribution in [-0.2, 0) is 33.7 Å². The number of carbonyl (C=O) groups excluding carboxylic acids is 1. The van der Waals surface area contributed by atoms with Gasteiger partial charge in [0.15, 0.2) is 5.82 Å². The Hall–Kier alpha value is -1.22. The molecule has 1 aliphatic heterocycles. The van der Waals surface area contributed by atoms with Crippen molar-refractivity contribution in [2.24, 2.45) is 0 Å². The number of hydrogen-bond donors (Lipinski definition) is 1. The predicted molar refractivity (Wildman–Crippen MR) is 102 cm³/mol. The van der Waals surface area contributed by atoms with Crippen LogP contribution in [0.1, 0.15) is 29.6 Å². The summed E-state index contributed by atoms with van der Waals surface area (Å²) in [6.45, 7) is 6.65. The van der Waals surface area contributed by atoms with Gasteiger partial charge in [0, 0.05) is 10.3 Å². The fraction of sp³-hybridized carbons (Fsp3) is 0.611. The first-order valence-electron chi connectivity index (χ1n) is 9.25. The molecule has 6 nitrogen and oxygen atoms in total. The summed E-state index contributed by atoms with van der Waals surface area (Å²) in [7, 11) is 0. The van der Waals surface area contributed by atoms with E-state index in [0.29, 0.717) is 12.4 Å². The van der Waals surface area contributed by atoms with Crippen LogP contribution in [0.3, 0.4) is 0 Å². The van der Waals surface area contributed by atoms with Crippen molar-refractivity contribution in [2.45, 2.75) is 37.8 Å². The lowest BCUT2D eigenvalue weighted by Gasteiger charge is -2.23. The molecule has 0 bridgehead atoms. The number of rotatable bonds is 6. The lowest BCUT2D eigenvalue weighted by atomic mass is 10.2. The molecule has 4 rings (SSSR count). The van der Waals surface area contributed by atoms with Crippen molar-refractivity contribution in [1.82, 2.24) is 9.97 Å². The highest BCUT2D eigenvalue weighted by atomic mass is 32.2. The van der Waals surface area contributed by atoms with Gasteiger partial charge in [-0.15, -0.1) is 11.3 Å². The van der Waals surface area contributed by atoms with Crippen LogP contribution in [0.2, 0.25) is 0 Å². The molecular formula is C18H24N3O3S2+. The van der Waals surface area contributed by atoms with Crippen molar-refractivity contribution in [3.63, 3.8) is 0 Å². The smallest absolute Gasteiger partial charge is 0.316 e. The summed E-state index contributed by atoms with van der Waals surface area (Å²) < 4.78 is 10.5. The zero-order chi connectivity index (χ0) is 17.9. The molecule has 3 heterocycles. The van der Waals surface area contributed by atoms with Crippen LogP contribution in [0, 0.1) is 0 Å². The number of aromatic nitrogens is 2. The van der Waals surface area contributed by atoms with E-state index in [2.05, 4.69) is 0 Å². The summed E-state index contributed by atoms with van der Waals surface area (Å²) in [6, 6.07) is 0. The van der Waals surface area contributed by atoms with Gasteiger partial charge in [0.05, 0.1) is 25.6 Å². The molecule has 0 aromatic carbocycles. The van der Waals surface area contributed by atoms with Gasteiger partial charge in [0.25, 0.3) is 0 Å². The first-order chi connectivity index (χ1) is 12.7. The highest BCUT2D eigenvalue weighted by Gasteiger charge is 2.24. The maximum absolute atomic E-state index is 11.8. The number of thiophene rings is 1. The minimum absolute atomic E-state index is 0.184. The van der Waals surface area contributed by atoms with Crippen molar-refractivity contribution in [2.75, 3.05) is 38.7 Å². The number of nitrogens with one attached hydrogen (secondary N) is 1. The number of fused-ring (bicyclic) bond motifs is 3. The van der Waals surface area contributed by atoms with Gasteiger partial charge in [-0.2, -0.15) is 0 Å². The molecule has 8 heteroatoms. The Labute approximate surface area is 161 Å². The zero-order valence-electron chi connectivity index (χ0n) is 15.0. The second-order valence-electron chi connectivity index (χ2n) is 6.62. The second-order valence-corrected chi connectivity index (χ2v) is 8.66. The van der Waals surface area contributed by atoms with Gasteiger partial charge in [-0.1, -0.05) is 11.8 Å². The van der Waals surface area contributed by atoms with E-state index in [9.17, 15) is 4.79 Å².